The van der Waals surface area contributed by atoms with Crippen LogP contribution in [0.25, 0.3) is 21.3 Å². The number of nitrogens with zero attached hydrogens (tertiary/aromatic N) is 1. The lowest BCUT2D eigenvalue weighted by Gasteiger charge is -2.33. The molecule has 1 aliphatic rings. The highest BCUT2D eigenvalue weighted by Gasteiger charge is 2.42. The summed E-state index contributed by atoms with van der Waals surface area (Å²) in [6.45, 7) is 3.50. The van der Waals surface area contributed by atoms with E-state index in [4.69, 9.17) is 16.3 Å². The van der Waals surface area contributed by atoms with Crippen molar-refractivity contribution in [2.45, 2.75) is 50.5 Å². The van der Waals surface area contributed by atoms with E-state index in [0.29, 0.717) is 45.6 Å². The molecule has 0 saturated carbocycles. The van der Waals surface area contributed by atoms with Gasteiger partial charge < -0.3 is 30.4 Å². The number of aromatic nitrogens is 1. The predicted octanol–water partition coefficient (Wildman–Crippen LogP) is 8.95. The first-order valence-electron chi connectivity index (χ1n) is 21.5. The monoisotopic (exact) mass is 895 g/mol. The summed E-state index contributed by atoms with van der Waals surface area (Å²) in [5, 5.41) is 37.6. The Balaban J connectivity index is 0.861. The van der Waals surface area contributed by atoms with Gasteiger partial charge in [0, 0.05) is 63.4 Å². The molecule has 1 saturated heterocycles. The number of aromatic hydroxyl groups is 1. The molecule has 2 aromatic heterocycles. The van der Waals surface area contributed by atoms with Crippen LogP contribution < -0.4 is 10.9 Å². The zero-order valence-electron chi connectivity index (χ0n) is 35.2. The van der Waals surface area contributed by atoms with Crippen LogP contribution >= 0.6 is 22.9 Å². The fourth-order valence-electron chi connectivity index (χ4n) is 8.35. The Morgan fingerprint density at radius 3 is 2.39 bits per heavy atom. The van der Waals surface area contributed by atoms with Gasteiger partial charge in [-0.25, -0.2) is 4.79 Å². The summed E-state index contributed by atoms with van der Waals surface area (Å²) in [5.41, 5.74) is 2.69. The number of H-pyrrole nitrogens is 1. The van der Waals surface area contributed by atoms with E-state index in [-0.39, 0.29) is 48.1 Å². The van der Waals surface area contributed by atoms with Crippen molar-refractivity contribution in [1.29, 1.82) is 0 Å². The molecule has 2 atom stereocenters. The topological polar surface area (TPSA) is 152 Å². The summed E-state index contributed by atoms with van der Waals surface area (Å²) in [4.78, 5) is 46.1. The van der Waals surface area contributed by atoms with E-state index < -0.39 is 17.7 Å². The number of nitrogens with one attached hydrogen (secondary N) is 2. The van der Waals surface area contributed by atoms with Crippen LogP contribution in [0.15, 0.2) is 144 Å². The van der Waals surface area contributed by atoms with E-state index in [0.717, 1.165) is 53.4 Å². The first-order valence-corrected chi connectivity index (χ1v) is 22.7. The highest BCUT2D eigenvalue weighted by molar-refractivity contribution is 7.15. The smallest absolute Gasteiger partial charge is 0.347 e. The van der Waals surface area contributed by atoms with Gasteiger partial charge in [0.15, 0.2) is 5.78 Å². The maximum atomic E-state index is 14.0. The van der Waals surface area contributed by atoms with Crippen LogP contribution in [0.1, 0.15) is 68.4 Å². The zero-order valence-corrected chi connectivity index (χ0v) is 36.8. The third-order valence-electron chi connectivity index (χ3n) is 12.0. The lowest BCUT2D eigenvalue weighted by atomic mass is 9.85. The van der Waals surface area contributed by atoms with E-state index in [1.165, 1.54) is 17.7 Å². The number of ether oxygens (including phenoxy) is 1. The van der Waals surface area contributed by atoms with E-state index >= 15 is 0 Å². The van der Waals surface area contributed by atoms with Crippen molar-refractivity contribution in [3.05, 3.63) is 193 Å². The van der Waals surface area contributed by atoms with Crippen molar-refractivity contribution in [3.63, 3.8) is 0 Å². The number of Topliss-reactive ketones (excluding diaryl/α,β-unsaturated/α-hetero) is 1. The Kier molecular flexibility index (Phi) is 14.2. The molecule has 328 valence electrons. The maximum Gasteiger partial charge on any atom is 0.347 e. The quantitative estimate of drug-likeness (QED) is 0.0446. The molecule has 7 aromatic rings. The van der Waals surface area contributed by atoms with Crippen molar-refractivity contribution < 1.29 is 29.6 Å². The summed E-state index contributed by atoms with van der Waals surface area (Å²) in [7, 11) is 0. The van der Waals surface area contributed by atoms with Gasteiger partial charge in [-0.15, -0.1) is 11.3 Å². The number of phenolic OH excluding ortho intramolecular Hbond substituents is 1. The fraction of sp³-hybridized carbons (Fsp3) is 0.250. The number of thiophene rings is 1. The third kappa shape index (κ3) is 10.4. The van der Waals surface area contributed by atoms with Crippen molar-refractivity contribution in [2.75, 3.05) is 26.2 Å². The van der Waals surface area contributed by atoms with Crippen LogP contribution in [0.5, 0.6) is 5.75 Å². The summed E-state index contributed by atoms with van der Waals surface area (Å²) >= 11 is 8.18. The number of esters is 1. The summed E-state index contributed by atoms with van der Waals surface area (Å²) in [6, 6.07) is 41.9. The molecule has 12 heteroatoms. The Morgan fingerprint density at radius 1 is 0.875 bits per heavy atom. The number of hydrogen-bond acceptors (Lipinski definition) is 10. The van der Waals surface area contributed by atoms with Gasteiger partial charge in [0.1, 0.15) is 5.75 Å². The number of ketones is 1. The Labute approximate surface area is 380 Å². The molecular weight excluding hydrogens is 846 g/mol. The summed E-state index contributed by atoms with van der Waals surface area (Å²) < 4.78 is 5.95. The number of hydrogen-bond donors (Lipinski definition) is 5. The van der Waals surface area contributed by atoms with Gasteiger partial charge in [-0.05, 0) is 102 Å². The van der Waals surface area contributed by atoms with Crippen LogP contribution in [0.3, 0.4) is 0 Å². The van der Waals surface area contributed by atoms with Gasteiger partial charge in [-0.3, -0.25) is 14.5 Å². The number of carbonyl (C=O) groups is 2. The summed E-state index contributed by atoms with van der Waals surface area (Å²) in [6.07, 6.45) is 1.69. The number of likely N-dealkylation sites (tertiary alicyclic amines) is 1. The normalized spacial score (nSPS) is 14.9. The SMILES string of the molecule is O=C(CCc1ccc(-c2cccc([C@](O)(C(=O)OCC3CCN(Cc4ccccc4)CC3)c3ccccc3)c2)s1)c1ccc(CNC[C@H](O)c2ccc(O)c3[nH]c(=O)ccc23)c(Cl)c1. The average molecular weight is 897 g/mol. The van der Waals surface area contributed by atoms with Crippen molar-refractivity contribution in [2.24, 2.45) is 5.92 Å². The Morgan fingerprint density at radius 2 is 1.62 bits per heavy atom. The molecule has 0 radical (unpaired) electrons. The first kappa shape index (κ1) is 44.7. The van der Waals surface area contributed by atoms with Crippen LogP contribution in [-0.4, -0.2) is 63.2 Å². The highest BCUT2D eigenvalue weighted by atomic mass is 35.5. The van der Waals surface area contributed by atoms with E-state index in [1.807, 2.05) is 42.5 Å². The molecule has 1 aliphatic heterocycles. The molecule has 1 fully saturated rings. The van der Waals surface area contributed by atoms with Gasteiger partial charge in [0.2, 0.25) is 11.2 Å². The molecule has 5 aromatic carbocycles. The number of phenols is 1. The predicted molar refractivity (Wildman–Crippen MR) is 252 cm³/mol. The van der Waals surface area contributed by atoms with Crippen LogP contribution in [0, 0.1) is 5.92 Å². The third-order valence-corrected chi connectivity index (χ3v) is 13.6. The number of fused-ring (bicyclic) bond motifs is 1. The number of pyridine rings is 1. The minimum absolute atomic E-state index is 0.0461. The van der Waals surface area contributed by atoms with Gasteiger partial charge in [-0.1, -0.05) is 109 Å². The second-order valence-electron chi connectivity index (χ2n) is 16.4. The zero-order chi connectivity index (χ0) is 44.6. The van der Waals surface area contributed by atoms with Gasteiger partial charge >= 0.3 is 5.97 Å². The Hall–Kier alpha value is -5.92. The van der Waals surface area contributed by atoms with Gasteiger partial charge in [0.05, 0.1) is 18.2 Å². The number of aliphatic hydroxyl groups excluding tert-OH is 1. The lowest BCUT2D eigenvalue weighted by molar-refractivity contribution is -0.164. The maximum absolute atomic E-state index is 14.0. The van der Waals surface area contributed by atoms with Crippen LogP contribution in [-0.2, 0) is 34.6 Å². The molecule has 0 bridgehead atoms. The van der Waals surface area contributed by atoms with Crippen molar-refractivity contribution >= 4 is 45.6 Å². The molecule has 0 unspecified atom stereocenters. The molecular formula is C52H50ClN3O7S. The fourth-order valence-corrected chi connectivity index (χ4v) is 9.60. The van der Waals surface area contributed by atoms with Crippen LogP contribution in [0.4, 0.5) is 0 Å². The molecule has 8 rings (SSSR count). The molecule has 5 N–H and O–H groups in total. The number of piperidine rings is 1. The molecule has 64 heavy (non-hydrogen) atoms. The van der Waals surface area contributed by atoms with Crippen LogP contribution in [0.2, 0.25) is 5.02 Å². The second-order valence-corrected chi connectivity index (χ2v) is 18.0. The standard InChI is InChI=1S/C52H50ClN3O7S/c53-44-29-36(14-15-38(44)30-54-31-47(59)42-18-21-46(58)50-43(42)19-23-49(60)55-50)45(57)20-16-41-17-22-48(64-41)37-10-7-13-40(28-37)52(62,39-11-5-2-6-12-39)51(61)63-33-35-24-26-56(27-25-35)32-34-8-3-1-4-9-34/h1-15,17-19,21-23,28-29,35,47,54,58-59,62H,16,20,24-27,30-33H2,(H,55,60)/t47-,52-/m0/s1. The summed E-state index contributed by atoms with van der Waals surface area (Å²) in [5.74, 6) is -0.612. The number of halogens is 1. The molecule has 3 heterocycles. The van der Waals surface area contributed by atoms with Gasteiger partial charge in [0.25, 0.3) is 0 Å². The van der Waals surface area contributed by atoms with Crippen molar-refractivity contribution in [3.8, 4) is 16.2 Å². The first-order chi connectivity index (χ1) is 31.0. The average Bonchev–Trinajstić information content (AvgIpc) is 3.81. The molecule has 0 spiro atoms. The highest BCUT2D eigenvalue weighted by Crippen LogP contribution is 2.37. The number of rotatable bonds is 17. The number of benzene rings is 5. The molecule has 0 amide bonds. The minimum atomic E-state index is -2.02. The molecule has 10 nitrogen and oxygen atoms in total. The molecule has 0 aliphatic carbocycles. The van der Waals surface area contributed by atoms with E-state index in [2.05, 4.69) is 39.5 Å². The van der Waals surface area contributed by atoms with Gasteiger partial charge in [-0.2, -0.15) is 0 Å². The Bertz CT molecular complexity index is 2790. The van der Waals surface area contributed by atoms with E-state index in [9.17, 15) is 29.7 Å². The number of carbonyl (C=O) groups excluding carboxylic acids is 2. The number of aromatic amines is 1. The largest absolute Gasteiger partial charge is 0.506 e. The number of aryl methyl sites for hydroxylation is 1. The number of aliphatic hydroxyl groups is 2. The second kappa shape index (κ2) is 20.3. The van der Waals surface area contributed by atoms with Crippen molar-refractivity contribution in [1.82, 2.24) is 15.2 Å². The minimum Gasteiger partial charge on any atom is -0.506 e. The lowest BCUT2D eigenvalue weighted by Crippen LogP contribution is -2.40. The van der Waals surface area contributed by atoms with E-state index in [1.54, 1.807) is 72.0 Å².